The van der Waals surface area contributed by atoms with Crippen molar-refractivity contribution in [1.29, 1.82) is 0 Å². The molecule has 3 heterocycles. The van der Waals surface area contributed by atoms with Crippen molar-refractivity contribution in [2.45, 2.75) is 12.1 Å². The second-order valence-electron chi connectivity index (χ2n) is 9.59. The van der Waals surface area contributed by atoms with Crippen molar-refractivity contribution < 1.29 is 19.1 Å². The highest BCUT2D eigenvalue weighted by molar-refractivity contribution is 7.99. The van der Waals surface area contributed by atoms with Gasteiger partial charge in [0, 0.05) is 37.7 Å². The lowest BCUT2D eigenvalue weighted by molar-refractivity contribution is -0.113. The third kappa shape index (κ3) is 5.63. The van der Waals surface area contributed by atoms with E-state index >= 15 is 0 Å². The molecule has 42 heavy (non-hydrogen) atoms. The van der Waals surface area contributed by atoms with E-state index in [0.29, 0.717) is 21.4 Å². The van der Waals surface area contributed by atoms with Crippen LogP contribution < -0.4 is 5.32 Å². The molecule has 0 fully saturated rings. The minimum atomic E-state index is -0.623. The Hall–Kier alpha value is -4.55. The van der Waals surface area contributed by atoms with Crippen molar-refractivity contribution in [3.05, 3.63) is 76.7 Å². The lowest BCUT2D eigenvalue weighted by Crippen LogP contribution is -2.21. The molecular weight excluding hydrogens is 573 g/mol. The number of rotatable bonds is 8. The quantitative estimate of drug-likeness (QED) is 0.189. The fourth-order valence-corrected chi connectivity index (χ4v) is 6.39. The Morgan fingerprint density at radius 1 is 1.05 bits per heavy atom. The average molecular weight is 601 g/mol. The minimum absolute atomic E-state index is 0.00680. The van der Waals surface area contributed by atoms with Crippen LogP contribution in [0.1, 0.15) is 25.6 Å². The fraction of sp³-hybridized carbons (Fsp3) is 0.200. The van der Waals surface area contributed by atoms with Gasteiger partial charge in [0.25, 0.3) is 5.91 Å². The summed E-state index contributed by atoms with van der Waals surface area (Å²) in [6.07, 6.45) is 0. The van der Waals surface area contributed by atoms with E-state index < -0.39 is 5.97 Å². The first-order valence-electron chi connectivity index (χ1n) is 12.9. The maximum absolute atomic E-state index is 13.0. The molecule has 0 atom stereocenters. The van der Waals surface area contributed by atoms with E-state index in [-0.39, 0.29) is 28.1 Å². The summed E-state index contributed by atoms with van der Waals surface area (Å²) in [4.78, 5) is 44.7. The number of amides is 2. The Labute approximate surface area is 250 Å². The van der Waals surface area contributed by atoms with Crippen molar-refractivity contribution in [1.82, 2.24) is 24.6 Å². The van der Waals surface area contributed by atoms with Gasteiger partial charge in [0.05, 0.1) is 34.5 Å². The minimum Gasteiger partial charge on any atom is -0.465 e. The van der Waals surface area contributed by atoms with Crippen LogP contribution in [0.2, 0.25) is 0 Å². The monoisotopic (exact) mass is 600 g/mol. The number of hydrogen-bond acceptors (Lipinski definition) is 9. The number of nitrogens with one attached hydrogen (secondary N) is 1. The molecule has 5 rings (SSSR count). The van der Waals surface area contributed by atoms with E-state index in [9.17, 15) is 14.4 Å². The summed E-state index contributed by atoms with van der Waals surface area (Å²) in [7, 11) is 6.36. The van der Waals surface area contributed by atoms with Crippen molar-refractivity contribution in [3.8, 4) is 22.6 Å². The van der Waals surface area contributed by atoms with Crippen molar-refractivity contribution in [3.63, 3.8) is 0 Å². The van der Waals surface area contributed by atoms with Crippen LogP contribution in [0, 0.1) is 6.92 Å². The average Bonchev–Trinajstić information content (AvgIpc) is 3.53. The van der Waals surface area contributed by atoms with Gasteiger partial charge in [0.15, 0.2) is 11.0 Å². The van der Waals surface area contributed by atoms with Crippen LogP contribution in [0.3, 0.4) is 0 Å². The molecule has 0 spiro atoms. The number of hydrogen-bond donors (Lipinski definition) is 1. The summed E-state index contributed by atoms with van der Waals surface area (Å²) >= 11 is 2.26. The summed E-state index contributed by atoms with van der Waals surface area (Å²) in [5, 5.41) is 13.3. The Balaban J connectivity index is 1.39. The summed E-state index contributed by atoms with van der Waals surface area (Å²) in [5.41, 5.74) is 4.16. The van der Waals surface area contributed by atoms with Crippen LogP contribution in [0.4, 0.5) is 5.00 Å². The zero-order valence-electron chi connectivity index (χ0n) is 23.7. The number of carbonyl (C=O) groups is 3. The van der Waals surface area contributed by atoms with Gasteiger partial charge in [-0.3, -0.25) is 9.59 Å². The highest BCUT2D eigenvalue weighted by Crippen LogP contribution is 2.35. The van der Waals surface area contributed by atoms with Gasteiger partial charge in [-0.1, -0.05) is 60.3 Å². The molecule has 0 aliphatic carbocycles. The standard InChI is InChI=1S/C30H28N6O4S2/c1-17-24(29(39)40-5)27(42-25(17)28(38)35(2)3)32-23(37)16-41-30-34-33-26(36(30)4)20-15-22(18-11-7-6-8-12-18)31-21-14-10-9-13-19(20)21/h6-15H,16H2,1-5H3,(H,32,37). The topological polar surface area (TPSA) is 119 Å². The number of thiophene rings is 1. The summed E-state index contributed by atoms with van der Waals surface area (Å²) in [6.45, 7) is 1.66. The van der Waals surface area contributed by atoms with Gasteiger partial charge in [0.2, 0.25) is 5.91 Å². The zero-order chi connectivity index (χ0) is 30.0. The van der Waals surface area contributed by atoms with Crippen LogP contribution in [0.25, 0.3) is 33.5 Å². The maximum Gasteiger partial charge on any atom is 0.341 e. The molecule has 0 aliphatic rings. The molecule has 0 radical (unpaired) electrons. The number of methoxy groups -OCH3 is 1. The number of carbonyl (C=O) groups excluding carboxylic acids is 3. The second kappa shape index (κ2) is 12.1. The number of benzene rings is 2. The molecule has 214 valence electrons. The Morgan fingerprint density at radius 3 is 2.48 bits per heavy atom. The molecule has 2 amide bonds. The molecule has 2 aromatic carbocycles. The van der Waals surface area contributed by atoms with E-state index in [1.807, 2.05) is 72.3 Å². The molecule has 3 aromatic heterocycles. The number of esters is 1. The van der Waals surface area contributed by atoms with E-state index in [4.69, 9.17) is 9.72 Å². The molecule has 10 nitrogen and oxygen atoms in total. The highest BCUT2D eigenvalue weighted by Gasteiger charge is 2.27. The van der Waals surface area contributed by atoms with Crippen molar-refractivity contribution in [2.75, 3.05) is 32.3 Å². The Kier molecular flexibility index (Phi) is 8.36. The third-order valence-electron chi connectivity index (χ3n) is 6.58. The SMILES string of the molecule is COC(=O)c1c(NC(=O)CSc2nnc(-c3cc(-c4ccccc4)nc4ccccc34)n2C)sc(C(=O)N(C)C)c1C. The number of fused-ring (bicyclic) bond motifs is 1. The molecular formula is C30H28N6O4S2. The van der Waals surface area contributed by atoms with Crippen molar-refractivity contribution >= 4 is 56.8 Å². The number of thioether (sulfide) groups is 1. The zero-order valence-corrected chi connectivity index (χ0v) is 25.3. The third-order valence-corrected chi connectivity index (χ3v) is 8.80. The molecule has 0 bridgehead atoms. The van der Waals surface area contributed by atoms with Crippen LogP contribution in [0.5, 0.6) is 0 Å². The first-order valence-corrected chi connectivity index (χ1v) is 14.7. The molecule has 12 heteroatoms. The predicted molar refractivity (Wildman–Crippen MR) is 165 cm³/mol. The maximum atomic E-state index is 13.0. The van der Waals surface area contributed by atoms with Gasteiger partial charge in [-0.25, -0.2) is 9.78 Å². The smallest absolute Gasteiger partial charge is 0.341 e. The van der Waals surface area contributed by atoms with Crippen LogP contribution in [0.15, 0.2) is 65.8 Å². The van der Waals surface area contributed by atoms with E-state index in [1.54, 1.807) is 21.0 Å². The second-order valence-corrected chi connectivity index (χ2v) is 11.6. The predicted octanol–water partition coefficient (Wildman–Crippen LogP) is 5.29. The number of nitrogens with zero attached hydrogens (tertiary/aromatic N) is 5. The van der Waals surface area contributed by atoms with E-state index in [1.165, 1.54) is 23.8 Å². The van der Waals surface area contributed by atoms with E-state index in [0.717, 1.165) is 39.1 Å². The Bertz CT molecular complexity index is 1810. The highest BCUT2D eigenvalue weighted by atomic mass is 32.2. The molecule has 0 aliphatic heterocycles. The van der Waals surface area contributed by atoms with E-state index in [2.05, 4.69) is 15.5 Å². The van der Waals surface area contributed by atoms with Crippen molar-refractivity contribution in [2.24, 2.45) is 7.05 Å². The first-order chi connectivity index (χ1) is 20.2. The number of aromatic nitrogens is 4. The van der Waals surface area contributed by atoms with Crippen LogP contribution >= 0.6 is 23.1 Å². The van der Waals surface area contributed by atoms with Gasteiger partial charge >= 0.3 is 5.97 Å². The number of ether oxygens (including phenoxy) is 1. The summed E-state index contributed by atoms with van der Waals surface area (Å²) < 4.78 is 6.75. The molecule has 0 saturated carbocycles. The normalized spacial score (nSPS) is 11.0. The summed E-state index contributed by atoms with van der Waals surface area (Å²) in [6, 6.07) is 19.8. The van der Waals surface area contributed by atoms with Gasteiger partial charge in [-0.2, -0.15) is 0 Å². The lowest BCUT2D eigenvalue weighted by Gasteiger charge is -2.10. The molecule has 0 saturated heterocycles. The fourth-order valence-electron chi connectivity index (χ4n) is 4.44. The number of pyridine rings is 1. The van der Waals surface area contributed by atoms with Crippen LogP contribution in [-0.2, 0) is 16.6 Å². The Morgan fingerprint density at radius 2 is 1.76 bits per heavy atom. The van der Waals surface area contributed by atoms with Crippen LogP contribution in [-0.4, -0.2) is 69.4 Å². The summed E-state index contributed by atoms with van der Waals surface area (Å²) in [5.74, 6) is -0.597. The molecule has 1 N–H and O–H groups in total. The molecule has 5 aromatic rings. The number of para-hydroxylation sites is 1. The molecule has 0 unspecified atom stereocenters. The number of anilines is 1. The van der Waals surface area contributed by atoms with Gasteiger partial charge < -0.3 is 19.5 Å². The lowest BCUT2D eigenvalue weighted by atomic mass is 10.0. The van der Waals surface area contributed by atoms with Gasteiger partial charge in [-0.05, 0) is 24.6 Å². The van der Waals surface area contributed by atoms with Gasteiger partial charge in [-0.15, -0.1) is 21.5 Å². The van der Waals surface area contributed by atoms with Gasteiger partial charge in [0.1, 0.15) is 5.00 Å². The first kappa shape index (κ1) is 29.0. The largest absolute Gasteiger partial charge is 0.465 e.